The van der Waals surface area contributed by atoms with Gasteiger partial charge < -0.3 is 5.11 Å². The first-order valence-corrected chi connectivity index (χ1v) is 5.69. The van der Waals surface area contributed by atoms with Gasteiger partial charge in [-0.15, -0.1) is 0 Å². The minimum Gasteiger partial charge on any atom is -0.385 e. The van der Waals surface area contributed by atoms with E-state index in [9.17, 15) is 13.9 Å². The van der Waals surface area contributed by atoms with Crippen LogP contribution in [0.4, 0.5) is 8.78 Å². The van der Waals surface area contributed by atoms with Crippen molar-refractivity contribution in [3.63, 3.8) is 0 Å². The molecule has 1 saturated carbocycles. The van der Waals surface area contributed by atoms with Crippen molar-refractivity contribution >= 4 is 0 Å². The van der Waals surface area contributed by atoms with Crippen LogP contribution in [0.1, 0.15) is 38.2 Å². The Kier molecular flexibility index (Phi) is 2.98. The minimum atomic E-state index is -0.971. The second-order valence-electron chi connectivity index (χ2n) is 4.84. The molecule has 1 fully saturated rings. The van der Waals surface area contributed by atoms with Gasteiger partial charge in [-0.25, -0.2) is 8.78 Å². The van der Waals surface area contributed by atoms with E-state index in [-0.39, 0.29) is 0 Å². The van der Waals surface area contributed by atoms with Crippen LogP contribution < -0.4 is 0 Å². The SMILES string of the molecule is C[C@H]1CC[C@](O)(c2ccc(F)c(F)c2)CC1. The lowest BCUT2D eigenvalue weighted by Gasteiger charge is -2.35. The lowest BCUT2D eigenvalue weighted by molar-refractivity contribution is -0.0123. The van der Waals surface area contributed by atoms with E-state index >= 15 is 0 Å². The van der Waals surface area contributed by atoms with Crippen LogP contribution in [0.25, 0.3) is 0 Å². The number of rotatable bonds is 1. The van der Waals surface area contributed by atoms with Gasteiger partial charge in [-0.2, -0.15) is 0 Å². The molecule has 0 atom stereocenters. The Morgan fingerprint density at radius 1 is 1.19 bits per heavy atom. The maximum atomic E-state index is 13.1. The van der Waals surface area contributed by atoms with E-state index in [1.807, 2.05) is 0 Å². The Hall–Kier alpha value is -0.960. The average molecular weight is 226 g/mol. The first-order chi connectivity index (χ1) is 7.51. The predicted molar refractivity (Wildman–Crippen MR) is 57.9 cm³/mol. The number of hydrogen-bond acceptors (Lipinski definition) is 1. The third-order valence-corrected chi connectivity index (χ3v) is 3.56. The molecule has 2 rings (SSSR count). The van der Waals surface area contributed by atoms with Crippen LogP contribution in [0.15, 0.2) is 18.2 Å². The van der Waals surface area contributed by atoms with Crippen LogP contribution in [0.3, 0.4) is 0 Å². The van der Waals surface area contributed by atoms with Gasteiger partial charge in [-0.3, -0.25) is 0 Å². The first-order valence-electron chi connectivity index (χ1n) is 5.69. The van der Waals surface area contributed by atoms with Crippen molar-refractivity contribution < 1.29 is 13.9 Å². The van der Waals surface area contributed by atoms with Crippen molar-refractivity contribution in [3.05, 3.63) is 35.4 Å². The largest absolute Gasteiger partial charge is 0.385 e. The van der Waals surface area contributed by atoms with E-state index in [1.165, 1.54) is 6.07 Å². The predicted octanol–water partition coefficient (Wildman–Crippen LogP) is 3.36. The Bertz CT molecular complexity index is 382. The van der Waals surface area contributed by atoms with Crippen LogP contribution in [-0.4, -0.2) is 5.11 Å². The summed E-state index contributed by atoms with van der Waals surface area (Å²) in [6, 6.07) is 3.68. The van der Waals surface area contributed by atoms with E-state index in [4.69, 9.17) is 0 Å². The molecule has 3 heteroatoms. The third kappa shape index (κ3) is 2.09. The van der Waals surface area contributed by atoms with Crippen LogP contribution in [0.2, 0.25) is 0 Å². The average Bonchev–Trinajstić information content (AvgIpc) is 2.26. The van der Waals surface area contributed by atoms with E-state index in [1.54, 1.807) is 0 Å². The second kappa shape index (κ2) is 4.13. The molecule has 1 N–H and O–H groups in total. The standard InChI is InChI=1S/C13H16F2O/c1-9-4-6-13(16,7-5-9)10-2-3-11(14)12(15)8-10/h2-3,8-9,16H,4-7H2,1H3/t9-,13+. The maximum Gasteiger partial charge on any atom is 0.159 e. The smallest absolute Gasteiger partial charge is 0.159 e. The monoisotopic (exact) mass is 226 g/mol. The molecule has 0 saturated heterocycles. The van der Waals surface area contributed by atoms with Gasteiger partial charge in [0.15, 0.2) is 11.6 Å². The van der Waals surface area contributed by atoms with E-state index in [0.717, 1.165) is 25.0 Å². The topological polar surface area (TPSA) is 20.2 Å². The molecule has 0 radical (unpaired) electrons. The van der Waals surface area contributed by atoms with Crippen LogP contribution in [0, 0.1) is 17.6 Å². The van der Waals surface area contributed by atoms with E-state index in [2.05, 4.69) is 6.92 Å². The molecule has 0 spiro atoms. The number of aliphatic hydroxyl groups is 1. The highest BCUT2D eigenvalue weighted by Crippen LogP contribution is 2.39. The number of benzene rings is 1. The minimum absolute atomic E-state index is 0.498. The third-order valence-electron chi connectivity index (χ3n) is 3.56. The fourth-order valence-corrected chi connectivity index (χ4v) is 2.31. The Morgan fingerprint density at radius 2 is 1.81 bits per heavy atom. The van der Waals surface area contributed by atoms with Crippen LogP contribution in [0.5, 0.6) is 0 Å². The Balaban J connectivity index is 2.25. The van der Waals surface area contributed by atoms with Gasteiger partial charge in [0, 0.05) is 0 Å². The summed E-state index contributed by atoms with van der Waals surface area (Å²) in [5.41, 5.74) is -0.473. The molecule has 0 aliphatic heterocycles. The molecule has 1 aromatic carbocycles. The fourth-order valence-electron chi connectivity index (χ4n) is 2.31. The van der Waals surface area contributed by atoms with E-state index in [0.29, 0.717) is 24.3 Å². The molecule has 1 aromatic rings. The summed E-state index contributed by atoms with van der Waals surface area (Å²) in [6.45, 7) is 2.14. The highest BCUT2D eigenvalue weighted by molar-refractivity contribution is 5.24. The molecule has 0 aromatic heterocycles. The highest BCUT2D eigenvalue weighted by Gasteiger charge is 2.33. The number of hydrogen-bond donors (Lipinski definition) is 1. The summed E-state index contributed by atoms with van der Waals surface area (Å²) in [4.78, 5) is 0. The van der Waals surface area contributed by atoms with Gasteiger partial charge in [0.2, 0.25) is 0 Å². The van der Waals surface area contributed by atoms with Crippen molar-refractivity contribution in [1.29, 1.82) is 0 Å². The van der Waals surface area contributed by atoms with Crippen molar-refractivity contribution in [1.82, 2.24) is 0 Å². The molecule has 0 bridgehead atoms. The molecule has 1 aliphatic rings. The quantitative estimate of drug-likeness (QED) is 0.778. The first kappa shape index (κ1) is 11.5. The van der Waals surface area contributed by atoms with Crippen LogP contribution >= 0.6 is 0 Å². The molecule has 1 aliphatic carbocycles. The molecule has 0 unspecified atom stereocenters. The molecule has 0 amide bonds. The summed E-state index contributed by atoms with van der Waals surface area (Å²) in [6.07, 6.45) is 3.10. The maximum absolute atomic E-state index is 13.1. The van der Waals surface area contributed by atoms with Crippen molar-refractivity contribution in [2.75, 3.05) is 0 Å². The van der Waals surface area contributed by atoms with Gasteiger partial charge in [-0.05, 0) is 49.3 Å². The van der Waals surface area contributed by atoms with Crippen LogP contribution in [-0.2, 0) is 5.60 Å². The normalized spacial score (nSPS) is 30.4. The molecule has 16 heavy (non-hydrogen) atoms. The van der Waals surface area contributed by atoms with Gasteiger partial charge in [-0.1, -0.05) is 13.0 Å². The Labute approximate surface area is 94.1 Å². The lowest BCUT2D eigenvalue weighted by atomic mass is 9.76. The molecular formula is C13H16F2O. The molecular weight excluding hydrogens is 210 g/mol. The van der Waals surface area contributed by atoms with Crippen molar-refractivity contribution in [2.24, 2.45) is 5.92 Å². The van der Waals surface area contributed by atoms with E-state index < -0.39 is 17.2 Å². The second-order valence-corrected chi connectivity index (χ2v) is 4.84. The van der Waals surface area contributed by atoms with Crippen molar-refractivity contribution in [2.45, 2.75) is 38.2 Å². The molecule has 1 nitrogen and oxygen atoms in total. The zero-order valence-electron chi connectivity index (χ0n) is 9.34. The summed E-state index contributed by atoms with van der Waals surface area (Å²) in [5.74, 6) is -1.15. The van der Waals surface area contributed by atoms with Gasteiger partial charge in [0.25, 0.3) is 0 Å². The molecule has 0 heterocycles. The highest BCUT2D eigenvalue weighted by atomic mass is 19.2. The summed E-state index contributed by atoms with van der Waals surface area (Å²) in [5, 5.41) is 10.4. The fraction of sp³-hybridized carbons (Fsp3) is 0.538. The lowest BCUT2D eigenvalue weighted by Crippen LogP contribution is -2.31. The zero-order chi connectivity index (χ0) is 11.8. The number of halogens is 2. The van der Waals surface area contributed by atoms with Gasteiger partial charge >= 0.3 is 0 Å². The Morgan fingerprint density at radius 3 is 2.38 bits per heavy atom. The summed E-state index contributed by atoms with van der Waals surface area (Å²) in [7, 11) is 0. The summed E-state index contributed by atoms with van der Waals surface area (Å²) < 4.78 is 25.9. The zero-order valence-corrected chi connectivity index (χ0v) is 9.34. The van der Waals surface area contributed by atoms with Crippen molar-refractivity contribution in [3.8, 4) is 0 Å². The molecule has 88 valence electrons. The van der Waals surface area contributed by atoms with Gasteiger partial charge in [0.1, 0.15) is 0 Å². The summed E-state index contributed by atoms with van der Waals surface area (Å²) >= 11 is 0. The van der Waals surface area contributed by atoms with Gasteiger partial charge in [0.05, 0.1) is 5.60 Å².